The van der Waals surface area contributed by atoms with E-state index in [1.807, 2.05) is 37.3 Å². The van der Waals surface area contributed by atoms with E-state index in [0.29, 0.717) is 0 Å². The zero-order chi connectivity index (χ0) is 9.23. The van der Waals surface area contributed by atoms with Gasteiger partial charge in [0.15, 0.2) is 0 Å². The van der Waals surface area contributed by atoms with E-state index in [0.717, 1.165) is 13.0 Å². The molecule has 0 bridgehead atoms. The molecule has 0 aromatic heterocycles. The lowest BCUT2D eigenvalue weighted by molar-refractivity contribution is 0.299. The Morgan fingerprint density at radius 1 is 1.25 bits per heavy atom. The predicted molar refractivity (Wildman–Crippen MR) is 52.0 cm³/mol. The number of hydrogen-bond acceptors (Lipinski definition) is 2. The van der Waals surface area contributed by atoms with Gasteiger partial charge in [-0.15, -0.1) is 0 Å². The number of nitrogens with two attached hydrogens (primary N) is 1. The highest BCUT2D eigenvalue weighted by Crippen LogP contribution is 1.97. The third-order valence-corrected chi connectivity index (χ3v) is 1.24. The van der Waals surface area contributed by atoms with Gasteiger partial charge < -0.3 is 10.8 Å². The van der Waals surface area contributed by atoms with Crippen molar-refractivity contribution in [3.63, 3.8) is 0 Å². The Labute approximate surface area is 74.0 Å². The first kappa shape index (κ1) is 11.1. The van der Waals surface area contributed by atoms with Crippen LogP contribution in [-0.4, -0.2) is 18.3 Å². The van der Waals surface area contributed by atoms with Crippen LogP contribution in [0.15, 0.2) is 30.3 Å². The molecule has 3 N–H and O–H groups in total. The summed E-state index contributed by atoms with van der Waals surface area (Å²) in [5, 5.41) is 8.52. The molecule has 0 fully saturated rings. The summed E-state index contributed by atoms with van der Waals surface area (Å²) in [5.74, 6) is 0. The van der Waals surface area contributed by atoms with E-state index in [1.54, 1.807) is 0 Å². The summed E-state index contributed by atoms with van der Waals surface area (Å²) >= 11 is 0. The Morgan fingerprint density at radius 3 is 2.17 bits per heavy atom. The molecule has 0 aliphatic carbocycles. The second-order valence-corrected chi connectivity index (χ2v) is 2.37. The Bertz CT molecular complexity index is 174. The minimum Gasteiger partial charge on any atom is -0.396 e. The highest BCUT2D eigenvalue weighted by atomic mass is 16.2. The fourth-order valence-corrected chi connectivity index (χ4v) is 0.774. The highest BCUT2D eigenvalue weighted by Gasteiger charge is 1.85. The minimum atomic E-state index is 0.240. The maximum absolute atomic E-state index is 8.52. The zero-order valence-corrected chi connectivity index (χ0v) is 7.53. The van der Waals surface area contributed by atoms with Gasteiger partial charge >= 0.3 is 0 Å². The summed E-state index contributed by atoms with van der Waals surface area (Å²) in [7, 11) is 0. The molecule has 0 radical (unpaired) electrons. The maximum Gasteiger partial charge on any atom is 0.0471 e. The van der Waals surface area contributed by atoms with Crippen molar-refractivity contribution >= 4 is 0 Å². The lowest BCUT2D eigenvalue weighted by Crippen LogP contribution is -1.88. The summed E-state index contributed by atoms with van der Waals surface area (Å²) < 4.78 is 0. The van der Waals surface area contributed by atoms with Gasteiger partial charge in [-0.25, -0.2) is 0 Å². The van der Waals surface area contributed by atoms with Crippen molar-refractivity contribution in [1.29, 1.82) is 0 Å². The van der Waals surface area contributed by atoms with Crippen LogP contribution in [0.1, 0.15) is 12.5 Å². The van der Waals surface area contributed by atoms with Gasteiger partial charge in [-0.05, 0) is 18.5 Å². The standard InChI is InChI=1S/C8H10O.C2H7N/c9-7-6-8-4-2-1-3-5-8;1-2-3/h1-5,9H,6-7H2;2-3H2,1H3. The number of aliphatic hydroxyl groups is 1. The van der Waals surface area contributed by atoms with Gasteiger partial charge in [-0.1, -0.05) is 37.3 Å². The second kappa shape index (κ2) is 8.24. The van der Waals surface area contributed by atoms with Gasteiger partial charge in [0.05, 0.1) is 0 Å². The van der Waals surface area contributed by atoms with E-state index in [2.05, 4.69) is 0 Å². The maximum atomic E-state index is 8.52. The quantitative estimate of drug-likeness (QED) is 0.695. The SMILES string of the molecule is CCN.OCCc1ccccc1. The Hall–Kier alpha value is -0.860. The molecule has 0 aliphatic rings. The van der Waals surface area contributed by atoms with Crippen molar-refractivity contribution in [2.75, 3.05) is 13.2 Å². The molecular weight excluding hydrogens is 150 g/mol. The monoisotopic (exact) mass is 167 g/mol. The van der Waals surface area contributed by atoms with Crippen LogP contribution in [0.4, 0.5) is 0 Å². The van der Waals surface area contributed by atoms with Crippen LogP contribution in [0, 0.1) is 0 Å². The van der Waals surface area contributed by atoms with Gasteiger partial charge in [0, 0.05) is 6.61 Å². The molecule has 68 valence electrons. The van der Waals surface area contributed by atoms with Crippen LogP contribution in [0.5, 0.6) is 0 Å². The molecule has 0 saturated heterocycles. The summed E-state index contributed by atoms with van der Waals surface area (Å²) in [6.45, 7) is 2.89. The number of aliphatic hydroxyl groups excluding tert-OH is 1. The fraction of sp³-hybridized carbons (Fsp3) is 0.400. The normalized spacial score (nSPS) is 8.58. The third kappa shape index (κ3) is 5.89. The van der Waals surface area contributed by atoms with E-state index in [4.69, 9.17) is 10.8 Å². The van der Waals surface area contributed by atoms with Crippen molar-refractivity contribution in [2.45, 2.75) is 13.3 Å². The smallest absolute Gasteiger partial charge is 0.0471 e. The van der Waals surface area contributed by atoms with Crippen molar-refractivity contribution in [1.82, 2.24) is 0 Å². The fourth-order valence-electron chi connectivity index (χ4n) is 0.774. The van der Waals surface area contributed by atoms with Gasteiger partial charge in [0.25, 0.3) is 0 Å². The van der Waals surface area contributed by atoms with E-state index < -0.39 is 0 Å². The Kier molecular flexibility index (Phi) is 7.65. The zero-order valence-electron chi connectivity index (χ0n) is 7.53. The van der Waals surface area contributed by atoms with Crippen LogP contribution in [0.3, 0.4) is 0 Å². The van der Waals surface area contributed by atoms with Crippen molar-refractivity contribution in [2.24, 2.45) is 5.73 Å². The average molecular weight is 167 g/mol. The van der Waals surface area contributed by atoms with Gasteiger partial charge in [0.1, 0.15) is 0 Å². The van der Waals surface area contributed by atoms with E-state index in [-0.39, 0.29) is 6.61 Å². The van der Waals surface area contributed by atoms with Crippen LogP contribution in [-0.2, 0) is 6.42 Å². The summed E-state index contributed by atoms with van der Waals surface area (Å²) in [6.07, 6.45) is 0.765. The van der Waals surface area contributed by atoms with Crippen LogP contribution < -0.4 is 5.73 Å². The summed E-state index contributed by atoms with van der Waals surface area (Å²) in [6, 6.07) is 9.95. The second-order valence-electron chi connectivity index (χ2n) is 2.37. The topological polar surface area (TPSA) is 46.2 Å². The Morgan fingerprint density at radius 2 is 1.75 bits per heavy atom. The predicted octanol–water partition coefficient (Wildman–Crippen LogP) is 1.19. The summed E-state index contributed by atoms with van der Waals surface area (Å²) in [5.41, 5.74) is 6.04. The lowest BCUT2D eigenvalue weighted by atomic mass is 10.2. The highest BCUT2D eigenvalue weighted by molar-refractivity contribution is 5.14. The van der Waals surface area contributed by atoms with E-state index in [9.17, 15) is 0 Å². The molecule has 2 heteroatoms. The molecule has 2 nitrogen and oxygen atoms in total. The largest absolute Gasteiger partial charge is 0.396 e. The van der Waals surface area contributed by atoms with Gasteiger partial charge in [0.2, 0.25) is 0 Å². The van der Waals surface area contributed by atoms with Crippen LogP contribution >= 0.6 is 0 Å². The molecule has 1 aromatic rings. The number of rotatable bonds is 2. The van der Waals surface area contributed by atoms with Crippen LogP contribution in [0.2, 0.25) is 0 Å². The molecule has 0 atom stereocenters. The van der Waals surface area contributed by atoms with Crippen molar-refractivity contribution in [3.05, 3.63) is 35.9 Å². The molecule has 0 saturated carbocycles. The molecular formula is C10H17NO. The average Bonchev–Trinajstić information content (AvgIpc) is 2.08. The minimum absolute atomic E-state index is 0.240. The first-order valence-corrected chi connectivity index (χ1v) is 4.20. The molecule has 0 unspecified atom stereocenters. The molecule has 1 aromatic carbocycles. The summed E-state index contributed by atoms with van der Waals surface area (Å²) in [4.78, 5) is 0. The lowest BCUT2D eigenvalue weighted by Gasteiger charge is -1.93. The van der Waals surface area contributed by atoms with E-state index in [1.165, 1.54) is 5.56 Å². The molecule has 0 amide bonds. The first-order valence-electron chi connectivity index (χ1n) is 4.20. The molecule has 1 rings (SSSR count). The van der Waals surface area contributed by atoms with Crippen molar-refractivity contribution in [3.8, 4) is 0 Å². The Balaban J connectivity index is 0.000000354. The number of hydrogen-bond donors (Lipinski definition) is 2. The molecule has 0 aliphatic heterocycles. The number of benzene rings is 1. The van der Waals surface area contributed by atoms with Gasteiger partial charge in [-0.3, -0.25) is 0 Å². The van der Waals surface area contributed by atoms with Crippen LogP contribution in [0.25, 0.3) is 0 Å². The first-order chi connectivity index (χ1) is 5.85. The van der Waals surface area contributed by atoms with Gasteiger partial charge in [-0.2, -0.15) is 0 Å². The molecule has 12 heavy (non-hydrogen) atoms. The van der Waals surface area contributed by atoms with E-state index >= 15 is 0 Å². The molecule has 0 spiro atoms. The third-order valence-electron chi connectivity index (χ3n) is 1.24. The van der Waals surface area contributed by atoms with Crippen molar-refractivity contribution < 1.29 is 5.11 Å². The molecule has 0 heterocycles.